The number of carbonyl (C=O) groups is 1. The van der Waals surface area contributed by atoms with Gasteiger partial charge in [0.2, 0.25) is 0 Å². The Bertz CT molecular complexity index is 876. The van der Waals surface area contributed by atoms with Crippen LogP contribution < -0.4 is 15.4 Å². The predicted octanol–water partition coefficient (Wildman–Crippen LogP) is 3.58. The number of amides is 2. The molecule has 0 fully saturated rings. The fourth-order valence-corrected chi connectivity index (χ4v) is 2.67. The molecule has 0 radical (unpaired) electrons. The Labute approximate surface area is 163 Å². The van der Waals surface area contributed by atoms with E-state index in [4.69, 9.17) is 16.3 Å². The number of urea groups is 1. The average molecular weight is 385 g/mol. The van der Waals surface area contributed by atoms with Gasteiger partial charge in [-0.05, 0) is 48.4 Å². The zero-order valence-electron chi connectivity index (χ0n) is 15.0. The number of hydrogen-bond donors (Lipinski definition) is 2. The molecule has 1 heterocycles. The lowest BCUT2D eigenvalue weighted by Crippen LogP contribution is -2.36. The molecule has 1 aromatic heterocycles. The topological polar surface area (TPSA) is 68.2 Å². The summed E-state index contributed by atoms with van der Waals surface area (Å²) in [6.07, 6.45) is 4.36. The van der Waals surface area contributed by atoms with Crippen molar-refractivity contribution in [2.75, 3.05) is 13.7 Å². The second-order valence-electron chi connectivity index (χ2n) is 5.98. The number of hydrogen-bond acceptors (Lipinski definition) is 3. The molecule has 0 spiro atoms. The normalized spacial score (nSPS) is 10.4. The van der Waals surface area contributed by atoms with Gasteiger partial charge in [0, 0.05) is 29.9 Å². The van der Waals surface area contributed by atoms with Gasteiger partial charge in [-0.2, -0.15) is 5.10 Å². The highest BCUT2D eigenvalue weighted by Gasteiger charge is 2.04. The van der Waals surface area contributed by atoms with Crippen LogP contribution in [-0.2, 0) is 13.0 Å². The molecule has 0 bridgehead atoms. The van der Waals surface area contributed by atoms with E-state index in [1.54, 1.807) is 18.0 Å². The smallest absolute Gasteiger partial charge is 0.315 e. The van der Waals surface area contributed by atoms with E-state index in [1.807, 2.05) is 54.7 Å². The monoisotopic (exact) mass is 384 g/mol. The third-order valence-corrected chi connectivity index (χ3v) is 4.29. The number of nitrogens with zero attached hydrogens (tertiary/aromatic N) is 2. The van der Waals surface area contributed by atoms with Gasteiger partial charge in [0.05, 0.1) is 19.0 Å². The molecule has 3 rings (SSSR count). The molecule has 3 aromatic rings. The Morgan fingerprint density at radius 1 is 1.07 bits per heavy atom. The van der Waals surface area contributed by atoms with Crippen LogP contribution in [0.25, 0.3) is 5.69 Å². The van der Waals surface area contributed by atoms with Gasteiger partial charge >= 0.3 is 6.03 Å². The van der Waals surface area contributed by atoms with Gasteiger partial charge < -0.3 is 15.4 Å². The van der Waals surface area contributed by atoms with Crippen LogP contribution in [0.1, 0.15) is 11.1 Å². The lowest BCUT2D eigenvalue weighted by Gasteiger charge is -2.07. The molecule has 0 unspecified atom stereocenters. The van der Waals surface area contributed by atoms with Crippen molar-refractivity contribution < 1.29 is 9.53 Å². The molecule has 0 aliphatic carbocycles. The molecular formula is C20H21ClN4O2. The van der Waals surface area contributed by atoms with Crippen LogP contribution in [0.3, 0.4) is 0 Å². The van der Waals surface area contributed by atoms with Crippen LogP contribution in [0, 0.1) is 0 Å². The van der Waals surface area contributed by atoms with Crippen LogP contribution in [0.5, 0.6) is 5.75 Å². The van der Waals surface area contributed by atoms with Crippen LogP contribution in [0.4, 0.5) is 4.79 Å². The number of aromatic nitrogens is 2. The van der Waals surface area contributed by atoms with Crippen molar-refractivity contribution in [3.63, 3.8) is 0 Å². The predicted molar refractivity (Wildman–Crippen MR) is 106 cm³/mol. The number of ether oxygens (including phenoxy) is 1. The lowest BCUT2D eigenvalue weighted by molar-refractivity contribution is 0.240. The van der Waals surface area contributed by atoms with Gasteiger partial charge in [-0.1, -0.05) is 23.7 Å². The molecule has 2 N–H and O–H groups in total. The maximum absolute atomic E-state index is 11.9. The quantitative estimate of drug-likeness (QED) is 0.654. The summed E-state index contributed by atoms with van der Waals surface area (Å²) in [5.41, 5.74) is 2.96. The van der Waals surface area contributed by atoms with Gasteiger partial charge in [0.15, 0.2) is 0 Å². The molecule has 0 atom stereocenters. The zero-order valence-corrected chi connectivity index (χ0v) is 15.7. The maximum Gasteiger partial charge on any atom is 0.315 e. The Balaban J connectivity index is 1.42. The standard InChI is InChI=1S/C20H21ClN4O2/c1-27-19-8-2-15(3-9-19)10-11-22-20(26)23-12-16-13-24-25(14-16)18-6-4-17(21)5-7-18/h2-9,13-14H,10-12H2,1H3,(H2,22,23,26). The first-order chi connectivity index (χ1) is 13.1. The molecule has 27 heavy (non-hydrogen) atoms. The van der Waals surface area contributed by atoms with E-state index < -0.39 is 0 Å². The second-order valence-corrected chi connectivity index (χ2v) is 6.41. The van der Waals surface area contributed by atoms with Crippen molar-refractivity contribution in [3.05, 3.63) is 77.1 Å². The van der Waals surface area contributed by atoms with Crippen LogP contribution in [0.15, 0.2) is 60.9 Å². The van der Waals surface area contributed by atoms with Crippen molar-refractivity contribution in [1.29, 1.82) is 0 Å². The van der Waals surface area contributed by atoms with Gasteiger partial charge in [-0.25, -0.2) is 9.48 Å². The number of halogens is 1. The fourth-order valence-electron chi connectivity index (χ4n) is 2.54. The summed E-state index contributed by atoms with van der Waals surface area (Å²) in [5.74, 6) is 0.823. The summed E-state index contributed by atoms with van der Waals surface area (Å²) in [7, 11) is 1.64. The Morgan fingerprint density at radius 2 is 1.81 bits per heavy atom. The van der Waals surface area contributed by atoms with E-state index in [0.29, 0.717) is 18.1 Å². The van der Waals surface area contributed by atoms with Crippen LogP contribution in [-0.4, -0.2) is 29.5 Å². The van der Waals surface area contributed by atoms with Crippen LogP contribution >= 0.6 is 11.6 Å². The van der Waals surface area contributed by atoms with E-state index in [-0.39, 0.29) is 6.03 Å². The van der Waals surface area contributed by atoms with Crippen molar-refractivity contribution in [2.24, 2.45) is 0 Å². The summed E-state index contributed by atoms with van der Waals surface area (Å²) in [4.78, 5) is 11.9. The number of carbonyl (C=O) groups excluding carboxylic acids is 1. The number of benzene rings is 2. The number of methoxy groups -OCH3 is 1. The largest absolute Gasteiger partial charge is 0.497 e. The van der Waals surface area contributed by atoms with E-state index in [9.17, 15) is 4.79 Å². The van der Waals surface area contributed by atoms with Crippen molar-refractivity contribution in [1.82, 2.24) is 20.4 Å². The minimum atomic E-state index is -0.206. The van der Waals surface area contributed by atoms with E-state index >= 15 is 0 Å². The molecule has 2 aromatic carbocycles. The third-order valence-electron chi connectivity index (χ3n) is 4.04. The highest BCUT2D eigenvalue weighted by molar-refractivity contribution is 6.30. The molecule has 0 aliphatic rings. The molecule has 0 saturated heterocycles. The highest BCUT2D eigenvalue weighted by Crippen LogP contribution is 2.13. The molecule has 6 nitrogen and oxygen atoms in total. The van der Waals surface area contributed by atoms with Crippen molar-refractivity contribution in [3.8, 4) is 11.4 Å². The SMILES string of the molecule is COc1ccc(CCNC(=O)NCc2cnn(-c3ccc(Cl)cc3)c2)cc1. The van der Waals surface area contributed by atoms with Crippen molar-refractivity contribution in [2.45, 2.75) is 13.0 Å². The molecular weight excluding hydrogens is 364 g/mol. The number of rotatable bonds is 7. The highest BCUT2D eigenvalue weighted by atomic mass is 35.5. The number of nitrogens with one attached hydrogen (secondary N) is 2. The molecule has 2 amide bonds. The van der Waals surface area contributed by atoms with Gasteiger partial charge in [0.1, 0.15) is 5.75 Å². The summed E-state index contributed by atoms with van der Waals surface area (Å²) >= 11 is 5.89. The molecule has 0 aliphatic heterocycles. The van der Waals surface area contributed by atoms with E-state index in [2.05, 4.69) is 15.7 Å². The van der Waals surface area contributed by atoms with Gasteiger partial charge in [-0.15, -0.1) is 0 Å². The fraction of sp³-hybridized carbons (Fsp3) is 0.200. The lowest BCUT2D eigenvalue weighted by atomic mass is 10.1. The summed E-state index contributed by atoms with van der Waals surface area (Å²) < 4.78 is 6.87. The Morgan fingerprint density at radius 3 is 2.52 bits per heavy atom. The third kappa shape index (κ3) is 5.49. The summed E-state index contributed by atoms with van der Waals surface area (Å²) in [5, 5.41) is 10.7. The van der Waals surface area contributed by atoms with Gasteiger partial charge in [-0.3, -0.25) is 0 Å². The average Bonchev–Trinajstić information content (AvgIpc) is 3.16. The molecule has 7 heteroatoms. The first-order valence-electron chi connectivity index (χ1n) is 8.58. The Kier molecular flexibility index (Phi) is 6.33. The van der Waals surface area contributed by atoms with E-state index in [1.165, 1.54) is 0 Å². The Hall–Kier alpha value is -2.99. The molecule has 140 valence electrons. The minimum Gasteiger partial charge on any atom is -0.497 e. The summed E-state index contributed by atoms with van der Waals surface area (Å²) in [6.45, 7) is 0.962. The first kappa shape index (κ1) is 18.8. The zero-order chi connectivity index (χ0) is 19.1. The first-order valence-corrected chi connectivity index (χ1v) is 8.96. The van der Waals surface area contributed by atoms with Gasteiger partial charge in [0.25, 0.3) is 0 Å². The molecule has 0 saturated carbocycles. The van der Waals surface area contributed by atoms with Crippen molar-refractivity contribution >= 4 is 17.6 Å². The second kappa shape index (κ2) is 9.09. The minimum absolute atomic E-state index is 0.206. The van der Waals surface area contributed by atoms with Crippen LogP contribution in [0.2, 0.25) is 5.02 Å². The summed E-state index contributed by atoms with van der Waals surface area (Å²) in [6, 6.07) is 15.0. The maximum atomic E-state index is 11.9. The van der Waals surface area contributed by atoms with E-state index in [0.717, 1.165) is 29.0 Å².